The molecule has 4 heteroatoms. The van der Waals surface area contributed by atoms with Crippen molar-refractivity contribution in [3.63, 3.8) is 0 Å². The lowest BCUT2D eigenvalue weighted by atomic mass is 9.78. The molecule has 73 heavy (non-hydrogen) atoms. The standard InChI is InChI=1S/C69H80N4/c1-64(2,3)43-28-40(29-44(34-43)65(4,5)6)58-50-21-22-51(70-50)59(41-30-45(66(7,8)9)35-46(31-41)67(10,11)12)53-25-26-55(72-53)62-61-39-20-19-38(27-39)57(61)49-37-56(73-63(49)62)60(54-24-23-52(58)71-54)42-32-47(68(13,14)15)36-48(33-42)69(16,17)18/h19-26,28-39,57,61,71-72H,27H2,1-18H3. The van der Waals surface area contributed by atoms with Crippen LogP contribution in [0.5, 0.6) is 0 Å². The highest BCUT2D eigenvalue weighted by molar-refractivity contribution is 6.01. The van der Waals surface area contributed by atoms with E-state index in [0.717, 1.165) is 61.6 Å². The van der Waals surface area contributed by atoms with E-state index in [1.54, 1.807) is 0 Å². The summed E-state index contributed by atoms with van der Waals surface area (Å²) >= 11 is 0. The summed E-state index contributed by atoms with van der Waals surface area (Å²) in [7, 11) is 0. The molecule has 4 unspecified atom stereocenters. The fourth-order valence-electron chi connectivity index (χ4n) is 12.4. The number of aromatic amines is 2. The predicted molar refractivity (Wildman–Crippen MR) is 313 cm³/mol. The van der Waals surface area contributed by atoms with Gasteiger partial charge in [-0.05, 0) is 155 Å². The van der Waals surface area contributed by atoms with Crippen molar-refractivity contribution < 1.29 is 0 Å². The summed E-state index contributed by atoms with van der Waals surface area (Å²) < 4.78 is 0. The highest BCUT2D eigenvalue weighted by Crippen LogP contribution is 2.64. The van der Waals surface area contributed by atoms with Crippen molar-refractivity contribution in [1.82, 2.24) is 19.9 Å². The number of nitrogens with one attached hydrogen (secondary N) is 2. The molecule has 5 aliphatic rings. The molecule has 4 atom stereocenters. The van der Waals surface area contributed by atoms with E-state index in [-0.39, 0.29) is 32.5 Å². The molecular weight excluding hydrogens is 885 g/mol. The first kappa shape index (κ1) is 49.2. The van der Waals surface area contributed by atoms with Crippen LogP contribution in [0.1, 0.15) is 199 Å². The van der Waals surface area contributed by atoms with Crippen molar-refractivity contribution in [2.24, 2.45) is 17.8 Å². The van der Waals surface area contributed by atoms with Crippen molar-refractivity contribution in [3.05, 3.63) is 153 Å². The maximum absolute atomic E-state index is 5.92. The highest BCUT2D eigenvalue weighted by atomic mass is 14.8. The van der Waals surface area contributed by atoms with Gasteiger partial charge in [0, 0.05) is 50.2 Å². The molecule has 3 aliphatic carbocycles. The van der Waals surface area contributed by atoms with Gasteiger partial charge in [-0.25, -0.2) is 9.97 Å². The van der Waals surface area contributed by atoms with Crippen LogP contribution >= 0.6 is 0 Å². The fourth-order valence-corrected chi connectivity index (χ4v) is 12.4. The van der Waals surface area contributed by atoms with Gasteiger partial charge in [0.25, 0.3) is 0 Å². The summed E-state index contributed by atoms with van der Waals surface area (Å²) in [6.07, 6.45) is 13.3. The number of hydrogen-bond donors (Lipinski definition) is 2. The van der Waals surface area contributed by atoms with Gasteiger partial charge < -0.3 is 9.97 Å². The Hall–Kier alpha value is -6.00. The first-order valence-corrected chi connectivity index (χ1v) is 27.3. The molecule has 3 aromatic carbocycles. The highest BCUT2D eigenvalue weighted by Gasteiger charge is 2.53. The van der Waals surface area contributed by atoms with Gasteiger partial charge in [0.1, 0.15) is 0 Å². The predicted octanol–water partition coefficient (Wildman–Crippen LogP) is 18.7. The summed E-state index contributed by atoms with van der Waals surface area (Å²) in [6.45, 7) is 42.0. The number of aromatic nitrogens is 4. The van der Waals surface area contributed by atoms with E-state index in [1.807, 2.05) is 0 Å². The molecule has 0 saturated heterocycles. The first-order chi connectivity index (χ1) is 33.9. The molecule has 6 aromatic rings. The van der Waals surface area contributed by atoms with Gasteiger partial charge in [0.15, 0.2) is 0 Å². The molecule has 10 bridgehead atoms. The molecule has 376 valence electrons. The molecule has 2 aliphatic heterocycles. The van der Waals surface area contributed by atoms with E-state index in [4.69, 9.17) is 9.97 Å². The molecular formula is C69H80N4. The van der Waals surface area contributed by atoms with Gasteiger partial charge in [-0.1, -0.05) is 191 Å². The van der Waals surface area contributed by atoms with Gasteiger partial charge in [0.05, 0.1) is 22.8 Å². The van der Waals surface area contributed by atoms with Crippen LogP contribution in [0.2, 0.25) is 0 Å². The lowest BCUT2D eigenvalue weighted by Gasteiger charge is -2.26. The van der Waals surface area contributed by atoms with Crippen LogP contribution in [-0.2, 0) is 32.5 Å². The molecule has 5 heterocycles. The molecule has 1 saturated carbocycles. The van der Waals surface area contributed by atoms with E-state index in [1.165, 1.54) is 67.6 Å². The molecule has 0 radical (unpaired) electrons. The minimum atomic E-state index is -0.0768. The van der Waals surface area contributed by atoms with Crippen molar-refractivity contribution in [3.8, 4) is 33.4 Å². The lowest BCUT2D eigenvalue weighted by Crippen LogP contribution is -2.16. The third-order valence-corrected chi connectivity index (χ3v) is 16.9. The molecule has 11 rings (SSSR count). The van der Waals surface area contributed by atoms with Crippen LogP contribution in [0.15, 0.2) is 91.0 Å². The Kier molecular flexibility index (Phi) is 11.0. The van der Waals surface area contributed by atoms with Crippen LogP contribution in [0, 0.1) is 17.8 Å². The molecule has 2 N–H and O–H groups in total. The zero-order valence-electron chi connectivity index (χ0n) is 47.3. The maximum Gasteiger partial charge on any atom is 0.0740 e. The SMILES string of the molecule is CC(C)(C)c1cc(-c2c3nc(c(-c4cc(C(C)(C)C)cc(C(C)(C)C)c4)c4ccc([nH]4)c4c5nc(c(-c6cc(C(C)(C)C)cc(C(C)(C)C)c6)c6ccc2[nH]6)C=C5C2C5C=CC(C5)C42)C=C3)cc(C(C)(C)C)c1. The van der Waals surface area contributed by atoms with Crippen molar-refractivity contribution in [2.45, 2.75) is 169 Å². The van der Waals surface area contributed by atoms with Crippen molar-refractivity contribution >= 4 is 45.9 Å². The second kappa shape index (κ2) is 16.2. The van der Waals surface area contributed by atoms with Gasteiger partial charge >= 0.3 is 0 Å². The number of allylic oxidation sites excluding steroid dienone is 3. The number of nitrogens with zero attached hydrogens (tertiary/aromatic N) is 2. The van der Waals surface area contributed by atoms with Crippen LogP contribution in [0.25, 0.3) is 79.2 Å². The Morgan fingerprint density at radius 2 is 0.712 bits per heavy atom. The first-order valence-electron chi connectivity index (χ1n) is 27.3. The van der Waals surface area contributed by atoms with Gasteiger partial charge in [-0.2, -0.15) is 0 Å². The van der Waals surface area contributed by atoms with Gasteiger partial charge in [-0.3, -0.25) is 0 Å². The normalized spacial score (nSPS) is 19.6. The summed E-state index contributed by atoms with van der Waals surface area (Å²) in [5, 5.41) is 0. The third-order valence-electron chi connectivity index (χ3n) is 16.9. The molecule has 1 fully saturated rings. The average molecular weight is 965 g/mol. The van der Waals surface area contributed by atoms with Gasteiger partial charge in [0.2, 0.25) is 0 Å². The zero-order chi connectivity index (χ0) is 52.3. The summed E-state index contributed by atoms with van der Waals surface area (Å²) in [6, 6.07) is 31.2. The second-order valence-corrected chi connectivity index (χ2v) is 28.7. The summed E-state index contributed by atoms with van der Waals surface area (Å²) in [4.78, 5) is 20.1. The average Bonchev–Trinajstić information content (AvgIpc) is 4.15. The van der Waals surface area contributed by atoms with Gasteiger partial charge in [-0.15, -0.1) is 0 Å². The van der Waals surface area contributed by atoms with E-state index in [0.29, 0.717) is 23.7 Å². The van der Waals surface area contributed by atoms with E-state index < -0.39 is 0 Å². The Morgan fingerprint density at radius 3 is 1.08 bits per heavy atom. The third kappa shape index (κ3) is 8.53. The Morgan fingerprint density at radius 1 is 0.384 bits per heavy atom. The number of rotatable bonds is 3. The second-order valence-electron chi connectivity index (χ2n) is 28.7. The Bertz CT molecular complexity index is 3450. The van der Waals surface area contributed by atoms with E-state index >= 15 is 0 Å². The quantitative estimate of drug-likeness (QED) is 0.137. The number of fused-ring (bicyclic) bond motifs is 15. The van der Waals surface area contributed by atoms with E-state index in [2.05, 4.69) is 244 Å². The number of H-pyrrole nitrogens is 2. The maximum atomic E-state index is 5.92. The summed E-state index contributed by atoms with van der Waals surface area (Å²) in [5.74, 6) is 1.78. The molecule has 4 nitrogen and oxygen atoms in total. The Balaban J connectivity index is 1.34. The largest absolute Gasteiger partial charge is 0.355 e. The Labute approximate surface area is 437 Å². The minimum Gasteiger partial charge on any atom is -0.355 e. The van der Waals surface area contributed by atoms with E-state index in [9.17, 15) is 0 Å². The smallest absolute Gasteiger partial charge is 0.0740 e. The topological polar surface area (TPSA) is 57.4 Å². The monoisotopic (exact) mass is 965 g/mol. The molecule has 0 amide bonds. The van der Waals surface area contributed by atoms with Crippen molar-refractivity contribution in [2.75, 3.05) is 0 Å². The van der Waals surface area contributed by atoms with Crippen LogP contribution < -0.4 is 0 Å². The lowest BCUT2D eigenvalue weighted by molar-refractivity contribution is 0.516. The minimum absolute atomic E-state index is 0.0602. The molecule has 3 aromatic heterocycles. The number of hydrogen-bond acceptors (Lipinski definition) is 2. The van der Waals surface area contributed by atoms with Crippen LogP contribution in [-0.4, -0.2) is 19.9 Å². The van der Waals surface area contributed by atoms with Crippen LogP contribution in [0.3, 0.4) is 0 Å². The fraction of sp³-hybridized carbons (Fsp3) is 0.420. The van der Waals surface area contributed by atoms with Crippen molar-refractivity contribution in [1.29, 1.82) is 0 Å². The summed E-state index contributed by atoms with van der Waals surface area (Å²) in [5.41, 5.74) is 25.6. The zero-order valence-corrected chi connectivity index (χ0v) is 47.3. The molecule has 0 spiro atoms. The number of benzene rings is 3. The van der Waals surface area contributed by atoms with Crippen LogP contribution in [0.4, 0.5) is 0 Å².